The Morgan fingerprint density at radius 3 is 2.60 bits per heavy atom. The van der Waals surface area contributed by atoms with E-state index < -0.39 is 0 Å². The van der Waals surface area contributed by atoms with Crippen LogP contribution in [0.2, 0.25) is 0 Å². The molecule has 0 bridgehead atoms. The number of methoxy groups -OCH3 is 2. The molecule has 0 saturated carbocycles. The molecular weight excluding hydrogens is 450 g/mol. The molecule has 2 heterocycles. The number of nitrogens with one attached hydrogen (secondary N) is 1. The summed E-state index contributed by atoms with van der Waals surface area (Å²) in [6.07, 6.45) is 1.76. The van der Waals surface area contributed by atoms with E-state index in [1.54, 1.807) is 32.4 Å². The summed E-state index contributed by atoms with van der Waals surface area (Å²) in [5.74, 6) is 2.55. The molecule has 0 aromatic heterocycles. The Bertz CT molecular complexity index is 1060. The Morgan fingerprint density at radius 2 is 1.86 bits per heavy atom. The molecule has 188 valence electrons. The first-order valence-electron chi connectivity index (χ1n) is 12.0. The van der Waals surface area contributed by atoms with E-state index in [4.69, 9.17) is 18.9 Å². The van der Waals surface area contributed by atoms with Gasteiger partial charge < -0.3 is 29.2 Å². The van der Waals surface area contributed by atoms with Gasteiger partial charge in [-0.3, -0.25) is 14.5 Å². The molecule has 1 atom stereocenters. The largest absolute Gasteiger partial charge is 0.497 e. The van der Waals surface area contributed by atoms with Gasteiger partial charge in [0, 0.05) is 23.9 Å². The zero-order chi connectivity index (χ0) is 24.8. The lowest BCUT2D eigenvalue weighted by Gasteiger charge is -2.29. The third-order valence-corrected chi connectivity index (χ3v) is 6.37. The number of hydrogen-bond donors (Lipinski definition) is 1. The first kappa shape index (κ1) is 24.7. The molecule has 1 N–H and O–H groups in total. The van der Waals surface area contributed by atoms with Crippen LogP contribution < -0.4 is 24.3 Å². The number of carbonyl (C=O) groups is 2. The fraction of sp³-hybridized carbons (Fsp3) is 0.462. The predicted octanol–water partition coefficient (Wildman–Crippen LogP) is 3.10. The lowest BCUT2D eigenvalue weighted by atomic mass is 10.0. The number of ether oxygens (including phenoxy) is 4. The van der Waals surface area contributed by atoms with E-state index in [1.807, 2.05) is 34.9 Å². The molecule has 9 nitrogen and oxygen atoms in total. The quantitative estimate of drug-likeness (QED) is 0.586. The van der Waals surface area contributed by atoms with Gasteiger partial charge in [-0.05, 0) is 49.7 Å². The number of amides is 2. The molecule has 1 fully saturated rings. The third kappa shape index (κ3) is 5.79. The Kier molecular flexibility index (Phi) is 7.97. The maximum absolute atomic E-state index is 13.3. The zero-order valence-corrected chi connectivity index (χ0v) is 20.5. The van der Waals surface area contributed by atoms with Crippen LogP contribution in [0.25, 0.3) is 0 Å². The summed E-state index contributed by atoms with van der Waals surface area (Å²) in [7, 11) is 3.25. The van der Waals surface area contributed by atoms with Crippen molar-refractivity contribution < 1.29 is 28.5 Å². The minimum atomic E-state index is -0.191. The highest BCUT2D eigenvalue weighted by Crippen LogP contribution is 2.39. The first-order valence-corrected chi connectivity index (χ1v) is 12.0. The van der Waals surface area contributed by atoms with E-state index in [0.29, 0.717) is 43.5 Å². The fourth-order valence-electron chi connectivity index (χ4n) is 4.57. The SMILES string of the molecule is CCN(CC(=O)Nc1ccc2c(c1)OCCO2)CC(=O)N1CCCC1c1cc(OC)ccc1OC. The van der Waals surface area contributed by atoms with E-state index in [9.17, 15) is 9.59 Å². The van der Waals surface area contributed by atoms with Crippen LogP contribution in [-0.4, -0.2) is 75.2 Å². The van der Waals surface area contributed by atoms with Crippen molar-refractivity contribution in [1.82, 2.24) is 9.80 Å². The second-order valence-electron chi connectivity index (χ2n) is 8.56. The zero-order valence-electron chi connectivity index (χ0n) is 20.5. The molecule has 0 spiro atoms. The van der Waals surface area contributed by atoms with Gasteiger partial charge in [-0.2, -0.15) is 0 Å². The summed E-state index contributed by atoms with van der Waals surface area (Å²) >= 11 is 0. The summed E-state index contributed by atoms with van der Waals surface area (Å²) in [4.78, 5) is 29.7. The van der Waals surface area contributed by atoms with E-state index in [1.165, 1.54) is 0 Å². The van der Waals surface area contributed by atoms with Gasteiger partial charge >= 0.3 is 0 Å². The van der Waals surface area contributed by atoms with Crippen LogP contribution in [0.5, 0.6) is 23.0 Å². The Morgan fingerprint density at radius 1 is 1.06 bits per heavy atom. The van der Waals surface area contributed by atoms with Gasteiger partial charge in [0.1, 0.15) is 24.7 Å². The van der Waals surface area contributed by atoms with Crippen molar-refractivity contribution in [2.45, 2.75) is 25.8 Å². The number of hydrogen-bond acceptors (Lipinski definition) is 7. The van der Waals surface area contributed by atoms with Crippen LogP contribution in [-0.2, 0) is 9.59 Å². The molecule has 0 radical (unpaired) electrons. The fourth-order valence-corrected chi connectivity index (χ4v) is 4.57. The number of fused-ring (bicyclic) bond motifs is 1. The van der Waals surface area contributed by atoms with E-state index in [-0.39, 0.29) is 30.9 Å². The van der Waals surface area contributed by atoms with Crippen molar-refractivity contribution >= 4 is 17.5 Å². The van der Waals surface area contributed by atoms with Crippen LogP contribution >= 0.6 is 0 Å². The number of likely N-dealkylation sites (N-methyl/N-ethyl adjacent to an activating group) is 1. The number of rotatable bonds is 9. The van der Waals surface area contributed by atoms with Gasteiger partial charge in [-0.25, -0.2) is 0 Å². The van der Waals surface area contributed by atoms with Gasteiger partial charge in [0.15, 0.2) is 11.5 Å². The summed E-state index contributed by atoms with van der Waals surface area (Å²) in [6, 6.07) is 10.9. The average Bonchev–Trinajstić information content (AvgIpc) is 3.37. The summed E-state index contributed by atoms with van der Waals surface area (Å²) in [5, 5.41) is 2.89. The van der Waals surface area contributed by atoms with Crippen molar-refractivity contribution in [2.24, 2.45) is 0 Å². The van der Waals surface area contributed by atoms with Crippen LogP contribution in [0.3, 0.4) is 0 Å². The summed E-state index contributed by atoms with van der Waals surface area (Å²) in [5.41, 5.74) is 1.57. The highest BCUT2D eigenvalue weighted by molar-refractivity contribution is 5.93. The van der Waals surface area contributed by atoms with Gasteiger partial charge in [0.25, 0.3) is 0 Å². The lowest BCUT2D eigenvalue weighted by Crippen LogP contribution is -2.42. The number of benzene rings is 2. The van der Waals surface area contributed by atoms with Crippen molar-refractivity contribution in [2.75, 3.05) is 58.9 Å². The van der Waals surface area contributed by atoms with E-state index >= 15 is 0 Å². The van der Waals surface area contributed by atoms with E-state index in [2.05, 4.69) is 5.32 Å². The van der Waals surface area contributed by atoms with Crippen LogP contribution in [0.15, 0.2) is 36.4 Å². The van der Waals surface area contributed by atoms with Gasteiger partial charge in [-0.1, -0.05) is 6.92 Å². The standard InChI is InChI=1S/C26H33N3O6/c1-4-28(16-25(30)27-18-7-9-23-24(14-18)35-13-12-34-23)17-26(31)29-11-5-6-21(29)20-15-19(32-2)8-10-22(20)33-3/h7-10,14-15,21H,4-6,11-13,16-17H2,1-3H3,(H,27,30). The number of anilines is 1. The monoisotopic (exact) mass is 483 g/mol. The van der Waals surface area contributed by atoms with Gasteiger partial charge in [-0.15, -0.1) is 0 Å². The van der Waals surface area contributed by atoms with Crippen molar-refractivity contribution in [3.05, 3.63) is 42.0 Å². The maximum Gasteiger partial charge on any atom is 0.238 e. The molecule has 1 saturated heterocycles. The Balaban J connectivity index is 1.38. The summed E-state index contributed by atoms with van der Waals surface area (Å²) < 4.78 is 22.1. The van der Waals surface area contributed by atoms with Crippen molar-refractivity contribution in [1.29, 1.82) is 0 Å². The highest BCUT2D eigenvalue weighted by Gasteiger charge is 2.33. The first-order chi connectivity index (χ1) is 17.0. The second kappa shape index (κ2) is 11.3. The van der Waals surface area contributed by atoms with Gasteiger partial charge in [0.2, 0.25) is 11.8 Å². The number of nitrogens with zero attached hydrogens (tertiary/aromatic N) is 2. The molecule has 4 rings (SSSR count). The van der Waals surface area contributed by atoms with Crippen LogP contribution in [0, 0.1) is 0 Å². The molecule has 2 aliphatic heterocycles. The normalized spacial score (nSPS) is 16.8. The molecule has 2 aromatic rings. The number of likely N-dealkylation sites (tertiary alicyclic amines) is 1. The topological polar surface area (TPSA) is 89.6 Å². The average molecular weight is 484 g/mol. The highest BCUT2D eigenvalue weighted by atomic mass is 16.6. The molecule has 0 aliphatic carbocycles. The maximum atomic E-state index is 13.3. The van der Waals surface area contributed by atoms with Crippen LogP contribution in [0.4, 0.5) is 5.69 Å². The van der Waals surface area contributed by atoms with Gasteiger partial charge in [0.05, 0.1) is 33.4 Å². The second-order valence-corrected chi connectivity index (χ2v) is 8.56. The van der Waals surface area contributed by atoms with Crippen molar-refractivity contribution in [3.63, 3.8) is 0 Å². The molecule has 9 heteroatoms. The predicted molar refractivity (Wildman–Crippen MR) is 131 cm³/mol. The minimum absolute atomic E-state index is 0.00801. The van der Waals surface area contributed by atoms with Crippen LogP contribution in [0.1, 0.15) is 31.4 Å². The number of carbonyl (C=O) groups excluding carboxylic acids is 2. The molecule has 2 aliphatic rings. The smallest absolute Gasteiger partial charge is 0.238 e. The molecule has 2 aromatic carbocycles. The Hall–Kier alpha value is -3.46. The molecule has 2 amide bonds. The lowest BCUT2D eigenvalue weighted by molar-refractivity contribution is -0.133. The molecule has 35 heavy (non-hydrogen) atoms. The third-order valence-electron chi connectivity index (χ3n) is 6.37. The van der Waals surface area contributed by atoms with Crippen molar-refractivity contribution in [3.8, 4) is 23.0 Å². The molecule has 1 unspecified atom stereocenters. The van der Waals surface area contributed by atoms with E-state index in [0.717, 1.165) is 29.9 Å². The summed E-state index contributed by atoms with van der Waals surface area (Å²) in [6.45, 7) is 4.45. The minimum Gasteiger partial charge on any atom is -0.497 e. The Labute approximate surface area is 205 Å². The molecular formula is C26H33N3O6.